The van der Waals surface area contributed by atoms with Crippen LogP contribution in [-0.4, -0.2) is 65.7 Å². The van der Waals surface area contributed by atoms with E-state index in [-0.39, 0.29) is 5.91 Å². The molecule has 6 nitrogen and oxygen atoms in total. The Kier molecular flexibility index (Phi) is 4.93. The number of likely N-dealkylation sites (N-methyl/N-ethyl adjacent to an activating group) is 1. The summed E-state index contributed by atoms with van der Waals surface area (Å²) in [6, 6.07) is 0.421. The quantitative estimate of drug-likeness (QED) is 0.890. The van der Waals surface area contributed by atoms with Gasteiger partial charge in [-0.25, -0.2) is 0 Å². The molecule has 0 bridgehead atoms. The third kappa shape index (κ3) is 3.27. The Hall–Kier alpha value is -1.21. The number of likely N-dealkylation sites (tertiary alicyclic amines) is 1. The molecule has 1 fully saturated rings. The van der Waals surface area contributed by atoms with E-state index >= 15 is 0 Å². The first kappa shape index (κ1) is 15.2. The van der Waals surface area contributed by atoms with Crippen LogP contribution in [0.2, 0.25) is 0 Å². The lowest BCUT2D eigenvalue weighted by Crippen LogP contribution is -2.35. The summed E-state index contributed by atoms with van der Waals surface area (Å²) in [5, 5.41) is 12.4. The van der Waals surface area contributed by atoms with Gasteiger partial charge in [0.15, 0.2) is 0 Å². The third-order valence-corrected chi connectivity index (χ3v) is 4.53. The van der Waals surface area contributed by atoms with Gasteiger partial charge in [0.1, 0.15) is 0 Å². The Bertz CT molecular complexity index is 461. The van der Waals surface area contributed by atoms with E-state index in [1.165, 1.54) is 11.3 Å². The van der Waals surface area contributed by atoms with Crippen LogP contribution in [0.25, 0.3) is 0 Å². The van der Waals surface area contributed by atoms with Crippen molar-refractivity contribution in [2.45, 2.75) is 26.3 Å². The molecule has 112 valence electrons. The van der Waals surface area contributed by atoms with Gasteiger partial charge in [0, 0.05) is 25.7 Å². The summed E-state index contributed by atoms with van der Waals surface area (Å²) in [5.41, 5.74) is 0. The van der Waals surface area contributed by atoms with Crippen LogP contribution < -0.4 is 5.32 Å². The maximum Gasteiger partial charge on any atom is 0.284 e. The van der Waals surface area contributed by atoms with E-state index in [4.69, 9.17) is 0 Å². The Morgan fingerprint density at radius 3 is 2.80 bits per heavy atom. The Morgan fingerprint density at radius 1 is 1.45 bits per heavy atom. The number of rotatable bonds is 5. The maximum absolute atomic E-state index is 12.4. The minimum Gasteiger partial charge on any atom is -0.360 e. The fourth-order valence-electron chi connectivity index (χ4n) is 2.54. The van der Waals surface area contributed by atoms with Gasteiger partial charge < -0.3 is 15.1 Å². The number of carbonyl (C=O) groups is 1. The minimum absolute atomic E-state index is 0.00301. The van der Waals surface area contributed by atoms with Crippen molar-refractivity contribution in [1.82, 2.24) is 20.0 Å². The van der Waals surface area contributed by atoms with E-state index in [2.05, 4.69) is 48.4 Å². The largest absolute Gasteiger partial charge is 0.360 e. The molecule has 0 radical (unpaired) electrons. The first-order valence-electron chi connectivity index (χ1n) is 7.06. The van der Waals surface area contributed by atoms with E-state index in [1.807, 2.05) is 4.90 Å². The summed E-state index contributed by atoms with van der Waals surface area (Å²) in [5.74, 6) is 0.489. The number of nitrogens with one attached hydrogen (secondary N) is 1. The third-order valence-electron chi connectivity index (χ3n) is 3.66. The second-order valence-electron chi connectivity index (χ2n) is 5.56. The molecule has 1 aliphatic rings. The lowest BCUT2D eigenvalue weighted by atomic mass is 10.1. The molecule has 2 atom stereocenters. The zero-order valence-corrected chi connectivity index (χ0v) is 13.4. The average molecular weight is 297 g/mol. The molecule has 0 aromatic carbocycles. The highest BCUT2D eigenvalue weighted by Crippen LogP contribution is 2.24. The van der Waals surface area contributed by atoms with Crippen LogP contribution in [0.15, 0.2) is 0 Å². The highest BCUT2D eigenvalue weighted by molar-refractivity contribution is 7.17. The number of aromatic nitrogens is 2. The molecule has 2 rings (SSSR count). The fourth-order valence-corrected chi connectivity index (χ4v) is 3.27. The van der Waals surface area contributed by atoms with E-state index in [0.717, 1.165) is 31.2 Å². The number of hydrogen-bond donors (Lipinski definition) is 1. The van der Waals surface area contributed by atoms with E-state index < -0.39 is 0 Å². The molecule has 1 amide bonds. The summed E-state index contributed by atoms with van der Waals surface area (Å²) in [6.07, 6.45) is 1.02. The molecule has 1 aromatic rings. The van der Waals surface area contributed by atoms with Gasteiger partial charge in [0.2, 0.25) is 10.1 Å². The molecule has 0 aliphatic carbocycles. The normalized spacial score (nSPS) is 22.6. The molecule has 0 saturated carbocycles. The molecule has 20 heavy (non-hydrogen) atoms. The SMILES string of the molecule is CCCNc1nnc(C(=O)N2CC(C)C(N(C)C)C2)s1. The van der Waals surface area contributed by atoms with Crippen molar-refractivity contribution in [3.63, 3.8) is 0 Å². The number of anilines is 1. The molecule has 0 spiro atoms. The molecular formula is C13H23N5OS. The maximum atomic E-state index is 12.4. The number of amides is 1. The summed E-state index contributed by atoms with van der Waals surface area (Å²) < 4.78 is 0. The van der Waals surface area contributed by atoms with Crippen LogP contribution in [0.4, 0.5) is 5.13 Å². The Labute approximate surface area is 124 Å². The Balaban J connectivity index is 1.99. The van der Waals surface area contributed by atoms with Crippen molar-refractivity contribution in [1.29, 1.82) is 0 Å². The van der Waals surface area contributed by atoms with Crippen molar-refractivity contribution in [2.75, 3.05) is 39.0 Å². The monoisotopic (exact) mass is 297 g/mol. The van der Waals surface area contributed by atoms with Gasteiger partial charge in [0.05, 0.1) is 0 Å². The van der Waals surface area contributed by atoms with Gasteiger partial charge in [-0.3, -0.25) is 4.79 Å². The predicted molar refractivity (Wildman–Crippen MR) is 81.2 cm³/mol. The standard InChI is InChI=1S/C13H23N5OS/c1-5-6-14-13-16-15-11(20-13)12(19)18-7-9(2)10(8-18)17(3)4/h9-10H,5-8H2,1-4H3,(H,14,16). The van der Waals surface area contributed by atoms with Crippen molar-refractivity contribution in [2.24, 2.45) is 5.92 Å². The topological polar surface area (TPSA) is 61.4 Å². The van der Waals surface area contributed by atoms with Gasteiger partial charge in [-0.05, 0) is 26.4 Å². The number of hydrogen-bond acceptors (Lipinski definition) is 6. The molecule has 1 saturated heterocycles. The molecule has 1 N–H and O–H groups in total. The van der Waals surface area contributed by atoms with Crippen molar-refractivity contribution < 1.29 is 4.79 Å². The first-order chi connectivity index (χ1) is 9.52. The van der Waals surface area contributed by atoms with Gasteiger partial charge in [-0.1, -0.05) is 25.2 Å². The van der Waals surface area contributed by atoms with Crippen molar-refractivity contribution in [3.05, 3.63) is 5.01 Å². The molecule has 2 heterocycles. The van der Waals surface area contributed by atoms with Crippen LogP contribution >= 0.6 is 11.3 Å². The number of carbonyl (C=O) groups excluding carboxylic acids is 1. The highest BCUT2D eigenvalue weighted by atomic mass is 32.1. The van der Waals surface area contributed by atoms with Gasteiger partial charge in [0.25, 0.3) is 5.91 Å². The Morgan fingerprint density at radius 2 is 2.20 bits per heavy atom. The zero-order valence-electron chi connectivity index (χ0n) is 12.6. The molecular weight excluding hydrogens is 274 g/mol. The highest BCUT2D eigenvalue weighted by Gasteiger charge is 2.35. The number of nitrogens with zero attached hydrogens (tertiary/aromatic N) is 4. The summed E-state index contributed by atoms with van der Waals surface area (Å²) in [6.45, 7) is 6.69. The van der Waals surface area contributed by atoms with Gasteiger partial charge in [-0.15, -0.1) is 10.2 Å². The fraction of sp³-hybridized carbons (Fsp3) is 0.769. The van der Waals surface area contributed by atoms with Crippen molar-refractivity contribution >= 4 is 22.4 Å². The van der Waals surface area contributed by atoms with Crippen LogP contribution in [0.1, 0.15) is 30.1 Å². The van der Waals surface area contributed by atoms with Crippen LogP contribution in [0, 0.1) is 5.92 Å². The molecule has 1 aromatic heterocycles. The summed E-state index contributed by atoms with van der Waals surface area (Å²) in [4.78, 5) is 16.5. The molecule has 7 heteroatoms. The molecule has 2 unspecified atom stereocenters. The smallest absolute Gasteiger partial charge is 0.284 e. The van der Waals surface area contributed by atoms with Gasteiger partial charge >= 0.3 is 0 Å². The van der Waals surface area contributed by atoms with E-state index in [0.29, 0.717) is 17.0 Å². The first-order valence-corrected chi connectivity index (χ1v) is 7.87. The van der Waals surface area contributed by atoms with Crippen molar-refractivity contribution in [3.8, 4) is 0 Å². The second-order valence-corrected chi connectivity index (χ2v) is 6.54. The van der Waals surface area contributed by atoms with Gasteiger partial charge in [-0.2, -0.15) is 0 Å². The summed E-state index contributed by atoms with van der Waals surface area (Å²) in [7, 11) is 4.12. The predicted octanol–water partition coefficient (Wildman–Crippen LogP) is 1.38. The zero-order chi connectivity index (χ0) is 14.7. The van der Waals surface area contributed by atoms with E-state index in [9.17, 15) is 4.79 Å². The second kappa shape index (κ2) is 6.49. The minimum atomic E-state index is 0.00301. The average Bonchev–Trinajstić information content (AvgIpc) is 3.02. The van der Waals surface area contributed by atoms with E-state index in [1.54, 1.807) is 0 Å². The lowest BCUT2D eigenvalue weighted by molar-refractivity contribution is 0.0780. The molecule has 1 aliphatic heterocycles. The lowest BCUT2D eigenvalue weighted by Gasteiger charge is -2.22. The summed E-state index contributed by atoms with van der Waals surface area (Å²) >= 11 is 1.34. The van der Waals surface area contributed by atoms with Crippen LogP contribution in [-0.2, 0) is 0 Å². The van der Waals surface area contributed by atoms with Crippen LogP contribution in [0.5, 0.6) is 0 Å². The van der Waals surface area contributed by atoms with Crippen LogP contribution in [0.3, 0.4) is 0 Å².